The number of fused-ring (bicyclic) bond motifs is 1. The Morgan fingerprint density at radius 2 is 1.76 bits per heavy atom. The summed E-state index contributed by atoms with van der Waals surface area (Å²) in [7, 11) is 1.62. The lowest BCUT2D eigenvalue weighted by Crippen LogP contribution is -2.00. The Morgan fingerprint density at radius 1 is 1.00 bits per heavy atom. The molecule has 3 aromatic rings. The molecule has 0 saturated heterocycles. The molecule has 3 heteroatoms. The maximum absolute atomic E-state index is 11.5. The number of hydrogen-bond donors (Lipinski definition) is 1. The molecule has 3 rings (SSSR count). The highest BCUT2D eigenvalue weighted by Gasteiger charge is 2.15. The molecule has 0 spiro atoms. The third-order valence-electron chi connectivity index (χ3n) is 3.52. The van der Waals surface area contributed by atoms with Crippen LogP contribution >= 0.6 is 0 Å². The van der Waals surface area contributed by atoms with Crippen LogP contribution in [0.4, 0.5) is 0 Å². The molecule has 0 aliphatic heterocycles. The van der Waals surface area contributed by atoms with Crippen molar-refractivity contribution in [3.05, 3.63) is 66.2 Å². The van der Waals surface area contributed by atoms with E-state index in [9.17, 15) is 9.90 Å². The molecule has 3 nitrogen and oxygen atoms in total. The summed E-state index contributed by atoms with van der Waals surface area (Å²) in [5.41, 5.74) is 1.94. The van der Waals surface area contributed by atoms with Gasteiger partial charge in [-0.15, -0.1) is 0 Å². The van der Waals surface area contributed by atoms with Gasteiger partial charge in [-0.2, -0.15) is 0 Å². The van der Waals surface area contributed by atoms with Crippen molar-refractivity contribution >= 4 is 16.7 Å². The first-order chi connectivity index (χ1) is 10.2. The van der Waals surface area contributed by atoms with Crippen LogP contribution in [0.3, 0.4) is 0 Å². The number of benzene rings is 3. The van der Waals surface area contributed by atoms with E-state index in [2.05, 4.69) is 0 Å². The van der Waals surface area contributed by atoms with Crippen LogP contribution in [0, 0.1) is 0 Å². The molecule has 0 aliphatic carbocycles. The second kappa shape index (κ2) is 5.29. The smallest absolute Gasteiger partial charge is 0.336 e. The zero-order valence-electron chi connectivity index (χ0n) is 11.5. The van der Waals surface area contributed by atoms with Crippen LogP contribution < -0.4 is 4.74 Å². The highest BCUT2D eigenvalue weighted by Crippen LogP contribution is 2.34. The Hall–Kier alpha value is -2.81. The van der Waals surface area contributed by atoms with Crippen molar-refractivity contribution < 1.29 is 14.6 Å². The van der Waals surface area contributed by atoms with Gasteiger partial charge in [-0.25, -0.2) is 4.79 Å². The monoisotopic (exact) mass is 278 g/mol. The van der Waals surface area contributed by atoms with Crippen molar-refractivity contribution in [2.45, 2.75) is 0 Å². The highest BCUT2D eigenvalue weighted by atomic mass is 16.5. The minimum atomic E-state index is -0.924. The summed E-state index contributed by atoms with van der Waals surface area (Å²) in [4.78, 5) is 11.5. The van der Waals surface area contributed by atoms with E-state index in [0.717, 1.165) is 27.6 Å². The van der Waals surface area contributed by atoms with Gasteiger partial charge in [0.25, 0.3) is 0 Å². The number of aromatic carboxylic acids is 1. The fraction of sp³-hybridized carbons (Fsp3) is 0.0556. The van der Waals surface area contributed by atoms with Gasteiger partial charge in [0.1, 0.15) is 5.75 Å². The van der Waals surface area contributed by atoms with Crippen LogP contribution in [0.1, 0.15) is 10.4 Å². The molecule has 0 fully saturated rings. The summed E-state index contributed by atoms with van der Waals surface area (Å²) in [6.07, 6.45) is 0. The molecule has 0 saturated carbocycles. The minimum absolute atomic E-state index is 0.305. The number of carboxylic acids is 1. The van der Waals surface area contributed by atoms with E-state index in [4.69, 9.17) is 4.74 Å². The summed E-state index contributed by atoms with van der Waals surface area (Å²) in [6, 6.07) is 18.7. The van der Waals surface area contributed by atoms with Crippen molar-refractivity contribution in [2.24, 2.45) is 0 Å². The number of carbonyl (C=O) groups is 1. The second-order valence-electron chi connectivity index (χ2n) is 4.75. The molecule has 0 amide bonds. The molecule has 104 valence electrons. The fourth-order valence-electron chi connectivity index (χ4n) is 2.53. The Balaban J connectivity index is 2.37. The number of methoxy groups -OCH3 is 1. The summed E-state index contributed by atoms with van der Waals surface area (Å²) >= 11 is 0. The average Bonchev–Trinajstić information content (AvgIpc) is 2.53. The zero-order valence-corrected chi connectivity index (χ0v) is 11.5. The lowest BCUT2D eigenvalue weighted by atomic mass is 9.93. The quantitative estimate of drug-likeness (QED) is 0.780. The molecule has 0 atom stereocenters. The van der Waals surface area contributed by atoms with Crippen LogP contribution in [0.5, 0.6) is 5.75 Å². The molecule has 0 radical (unpaired) electrons. The molecular weight excluding hydrogens is 264 g/mol. The summed E-state index contributed by atoms with van der Waals surface area (Å²) in [6.45, 7) is 0. The molecule has 0 aromatic heterocycles. The summed E-state index contributed by atoms with van der Waals surface area (Å²) < 4.78 is 5.23. The second-order valence-corrected chi connectivity index (χ2v) is 4.75. The number of carboxylic acid groups (broad SMARTS) is 1. The van der Waals surface area contributed by atoms with Crippen LogP contribution in [-0.4, -0.2) is 18.2 Å². The molecule has 0 bridgehead atoms. The number of rotatable bonds is 3. The lowest BCUT2D eigenvalue weighted by Gasteiger charge is -2.12. The Morgan fingerprint density at radius 3 is 2.43 bits per heavy atom. The molecule has 0 aliphatic rings. The van der Waals surface area contributed by atoms with Gasteiger partial charge < -0.3 is 9.84 Å². The van der Waals surface area contributed by atoms with E-state index in [1.54, 1.807) is 13.2 Å². The highest BCUT2D eigenvalue weighted by molar-refractivity contribution is 6.07. The van der Waals surface area contributed by atoms with Crippen molar-refractivity contribution in [1.29, 1.82) is 0 Å². The number of hydrogen-bond acceptors (Lipinski definition) is 2. The van der Waals surface area contributed by atoms with E-state index in [1.807, 2.05) is 54.6 Å². The third-order valence-corrected chi connectivity index (χ3v) is 3.52. The van der Waals surface area contributed by atoms with Crippen molar-refractivity contribution in [3.8, 4) is 16.9 Å². The third kappa shape index (κ3) is 2.34. The van der Waals surface area contributed by atoms with Gasteiger partial charge in [0.15, 0.2) is 0 Å². The van der Waals surface area contributed by atoms with Crippen molar-refractivity contribution in [2.75, 3.05) is 7.11 Å². The van der Waals surface area contributed by atoms with E-state index in [1.165, 1.54) is 0 Å². The standard InChI is InChI=1S/C18H14O3/c1-21-14-8-10-15-13(11-14)7-9-16(18(19)20)17(15)12-5-3-2-4-6-12/h2-11H,1H3,(H,19,20). The first kappa shape index (κ1) is 13.2. The van der Waals surface area contributed by atoms with Crippen molar-refractivity contribution in [3.63, 3.8) is 0 Å². The van der Waals surface area contributed by atoms with Crippen LogP contribution in [-0.2, 0) is 0 Å². The maximum atomic E-state index is 11.5. The normalized spacial score (nSPS) is 10.5. The van der Waals surface area contributed by atoms with E-state index < -0.39 is 5.97 Å². The molecular formula is C18H14O3. The van der Waals surface area contributed by atoms with Gasteiger partial charge in [-0.3, -0.25) is 0 Å². The predicted molar refractivity (Wildman–Crippen MR) is 82.9 cm³/mol. The van der Waals surface area contributed by atoms with Crippen LogP contribution in [0.25, 0.3) is 21.9 Å². The van der Waals surface area contributed by atoms with Crippen LogP contribution in [0.2, 0.25) is 0 Å². The Kier molecular flexibility index (Phi) is 3.32. The van der Waals surface area contributed by atoms with E-state index in [0.29, 0.717) is 5.56 Å². The van der Waals surface area contributed by atoms with E-state index >= 15 is 0 Å². The van der Waals surface area contributed by atoms with Gasteiger partial charge in [0.2, 0.25) is 0 Å². The molecule has 0 unspecified atom stereocenters. The summed E-state index contributed by atoms with van der Waals surface area (Å²) in [5.74, 6) is -0.170. The van der Waals surface area contributed by atoms with Gasteiger partial charge in [0, 0.05) is 5.56 Å². The molecule has 1 N–H and O–H groups in total. The van der Waals surface area contributed by atoms with Crippen LogP contribution in [0.15, 0.2) is 60.7 Å². The van der Waals surface area contributed by atoms with Gasteiger partial charge in [-0.05, 0) is 34.5 Å². The number of ether oxygens (including phenoxy) is 1. The maximum Gasteiger partial charge on any atom is 0.336 e. The SMILES string of the molecule is COc1ccc2c(-c3ccccc3)c(C(=O)O)ccc2c1. The average molecular weight is 278 g/mol. The van der Waals surface area contributed by atoms with Gasteiger partial charge in [-0.1, -0.05) is 42.5 Å². The topological polar surface area (TPSA) is 46.5 Å². The molecule has 21 heavy (non-hydrogen) atoms. The summed E-state index contributed by atoms with van der Waals surface area (Å²) in [5, 5.41) is 11.3. The van der Waals surface area contributed by atoms with Crippen molar-refractivity contribution in [1.82, 2.24) is 0 Å². The first-order valence-electron chi connectivity index (χ1n) is 6.60. The Bertz CT molecular complexity index is 807. The fourth-order valence-corrected chi connectivity index (χ4v) is 2.53. The molecule has 3 aromatic carbocycles. The zero-order chi connectivity index (χ0) is 14.8. The lowest BCUT2D eigenvalue weighted by molar-refractivity contribution is 0.0698. The molecule has 0 heterocycles. The largest absolute Gasteiger partial charge is 0.497 e. The Labute approximate surface area is 122 Å². The first-order valence-corrected chi connectivity index (χ1v) is 6.60. The van der Waals surface area contributed by atoms with Gasteiger partial charge in [0.05, 0.1) is 12.7 Å². The predicted octanol–water partition coefficient (Wildman–Crippen LogP) is 4.21. The minimum Gasteiger partial charge on any atom is -0.497 e. The van der Waals surface area contributed by atoms with Gasteiger partial charge >= 0.3 is 5.97 Å². The van der Waals surface area contributed by atoms with E-state index in [-0.39, 0.29) is 0 Å².